The number of nitrogens with zero attached hydrogens (tertiary/aromatic N) is 2. The molecule has 1 unspecified atom stereocenters. The molecule has 2 aromatic rings. The molecule has 1 heterocycles. The number of phenolic OH excluding ortho intramolecular Hbond substituents is 1. The Hall–Kier alpha value is -3.00. The van der Waals surface area contributed by atoms with E-state index in [4.69, 9.17) is 5.41 Å². The van der Waals surface area contributed by atoms with E-state index in [1.54, 1.807) is 24.3 Å². The Morgan fingerprint density at radius 2 is 1.63 bits per heavy atom. The monoisotopic (exact) mass is 585 g/mol. The fraction of sp³-hybridized carbons (Fsp3) is 0.467. The zero-order chi connectivity index (χ0) is 27.7. The maximum absolute atomic E-state index is 13.5. The first-order valence-electron chi connectivity index (χ1n) is 12.8. The number of halogens is 1. The summed E-state index contributed by atoms with van der Waals surface area (Å²) < 4.78 is 0. The first-order valence-corrected chi connectivity index (χ1v) is 12.8. The van der Waals surface area contributed by atoms with Gasteiger partial charge >= 0.3 is 0 Å². The standard InChI is InChI=1S/C30H39N3O4.BrH/c1-8-9-20-17-32(28(31)23(20)14-19-10-12-22(13-11-19)33(36)37)18-26(34)21-15-24(29(2,3)4)27(35)25(16-21)30(5,6)7;/h10-16,20,31,35H,8-9,17-18H2,1-7H3;1H. The highest BCUT2D eigenvalue weighted by molar-refractivity contribution is 8.93. The minimum absolute atomic E-state index is 0. The molecular formula is C30H40BrN3O4. The predicted octanol–water partition coefficient (Wildman–Crippen LogP) is 7.45. The number of phenols is 1. The molecule has 2 aromatic carbocycles. The first-order chi connectivity index (χ1) is 17.1. The highest BCUT2D eigenvalue weighted by atomic mass is 79.9. The van der Waals surface area contributed by atoms with Crippen LogP contribution >= 0.6 is 17.0 Å². The molecule has 3 rings (SSSR count). The lowest BCUT2D eigenvalue weighted by atomic mass is 9.78. The number of benzene rings is 2. The number of hydrogen-bond donors (Lipinski definition) is 2. The van der Waals surface area contributed by atoms with Gasteiger partial charge in [0.05, 0.1) is 11.5 Å². The summed E-state index contributed by atoms with van der Waals surface area (Å²) in [4.78, 5) is 25.9. The van der Waals surface area contributed by atoms with Crippen LogP contribution in [0.25, 0.3) is 6.08 Å². The molecular weight excluding hydrogens is 546 g/mol. The third-order valence-electron chi connectivity index (χ3n) is 6.92. The SMILES string of the molecule is Br.CCCC1CN(CC(=O)c2cc(C(C)(C)C)c(O)c(C(C)(C)C)c2)C(=N)C1=Cc1ccc([N+](=O)[O-])cc1. The van der Waals surface area contributed by atoms with Gasteiger partial charge in [0.15, 0.2) is 5.78 Å². The van der Waals surface area contributed by atoms with Crippen LogP contribution < -0.4 is 0 Å². The molecule has 2 N–H and O–H groups in total. The Morgan fingerprint density at radius 3 is 2.08 bits per heavy atom. The number of carbonyl (C=O) groups is 1. The summed E-state index contributed by atoms with van der Waals surface area (Å²) in [6.45, 7) is 14.9. The van der Waals surface area contributed by atoms with Gasteiger partial charge in [-0.15, -0.1) is 17.0 Å². The zero-order valence-electron chi connectivity index (χ0n) is 23.4. The predicted molar refractivity (Wildman–Crippen MR) is 159 cm³/mol. The van der Waals surface area contributed by atoms with E-state index in [0.29, 0.717) is 17.9 Å². The lowest BCUT2D eigenvalue weighted by Crippen LogP contribution is -2.31. The number of Topliss-reactive ketones (excluding diaryl/α,β-unsaturated/α-hetero) is 1. The van der Waals surface area contributed by atoms with Crippen LogP contribution in [0.1, 0.15) is 88.4 Å². The molecule has 206 valence electrons. The average molecular weight is 587 g/mol. The minimum Gasteiger partial charge on any atom is -0.507 e. The lowest BCUT2D eigenvalue weighted by molar-refractivity contribution is -0.384. The van der Waals surface area contributed by atoms with Crippen molar-refractivity contribution in [2.24, 2.45) is 5.92 Å². The van der Waals surface area contributed by atoms with Gasteiger partial charge in [0.25, 0.3) is 5.69 Å². The van der Waals surface area contributed by atoms with Crippen molar-refractivity contribution in [3.63, 3.8) is 0 Å². The normalized spacial score (nSPS) is 17.0. The number of nitro benzene ring substituents is 1. The van der Waals surface area contributed by atoms with Crippen molar-refractivity contribution in [3.05, 3.63) is 74.3 Å². The van der Waals surface area contributed by atoms with Gasteiger partial charge in [0.1, 0.15) is 11.6 Å². The van der Waals surface area contributed by atoms with E-state index in [1.807, 2.05) is 52.5 Å². The smallest absolute Gasteiger partial charge is 0.269 e. The summed E-state index contributed by atoms with van der Waals surface area (Å²) in [5.41, 5.74) is 3.01. The van der Waals surface area contributed by atoms with Crippen LogP contribution in [0, 0.1) is 21.4 Å². The number of non-ortho nitro benzene ring substituents is 1. The van der Waals surface area contributed by atoms with Crippen molar-refractivity contribution in [3.8, 4) is 5.75 Å². The number of likely N-dealkylation sites (tertiary alicyclic amines) is 1. The number of rotatable bonds is 7. The van der Waals surface area contributed by atoms with Crippen LogP contribution in [0.15, 0.2) is 42.0 Å². The number of amidine groups is 1. The molecule has 1 saturated heterocycles. The van der Waals surface area contributed by atoms with E-state index in [9.17, 15) is 20.0 Å². The molecule has 7 nitrogen and oxygen atoms in total. The third-order valence-corrected chi connectivity index (χ3v) is 6.92. The molecule has 0 radical (unpaired) electrons. The van der Waals surface area contributed by atoms with Gasteiger partial charge in [-0.2, -0.15) is 0 Å². The molecule has 0 saturated carbocycles. The summed E-state index contributed by atoms with van der Waals surface area (Å²) >= 11 is 0. The fourth-order valence-electron chi connectivity index (χ4n) is 4.83. The van der Waals surface area contributed by atoms with Crippen molar-refractivity contribution in [1.29, 1.82) is 5.41 Å². The number of carbonyl (C=O) groups excluding carboxylic acids is 1. The Balaban J connectivity index is 0.00000507. The van der Waals surface area contributed by atoms with E-state index >= 15 is 0 Å². The minimum atomic E-state index is -0.429. The van der Waals surface area contributed by atoms with Crippen LogP contribution in [0.3, 0.4) is 0 Å². The Bertz CT molecular complexity index is 1200. The number of hydrogen-bond acceptors (Lipinski definition) is 5. The van der Waals surface area contributed by atoms with Crippen LogP contribution in [0.4, 0.5) is 5.69 Å². The van der Waals surface area contributed by atoms with E-state index < -0.39 is 4.92 Å². The molecule has 0 spiro atoms. The lowest BCUT2D eigenvalue weighted by Gasteiger charge is -2.28. The van der Waals surface area contributed by atoms with Crippen molar-refractivity contribution in [2.75, 3.05) is 13.1 Å². The third kappa shape index (κ3) is 6.90. The number of nitrogens with one attached hydrogen (secondary N) is 1. The molecule has 38 heavy (non-hydrogen) atoms. The number of nitro groups is 1. The second-order valence-electron chi connectivity index (χ2n) is 12.0. The molecule has 8 heteroatoms. The molecule has 1 aliphatic heterocycles. The van der Waals surface area contributed by atoms with Gasteiger partial charge in [-0.1, -0.05) is 54.9 Å². The molecule has 1 atom stereocenters. The largest absolute Gasteiger partial charge is 0.507 e. The summed E-state index contributed by atoms with van der Waals surface area (Å²) in [6.07, 6.45) is 3.74. The maximum atomic E-state index is 13.5. The molecule has 0 bridgehead atoms. The Kier molecular flexibility index (Phi) is 9.70. The zero-order valence-corrected chi connectivity index (χ0v) is 25.1. The van der Waals surface area contributed by atoms with Crippen molar-refractivity contribution >= 4 is 40.4 Å². The van der Waals surface area contributed by atoms with E-state index in [-0.39, 0.29) is 57.5 Å². The van der Waals surface area contributed by atoms with E-state index in [2.05, 4.69) is 6.92 Å². The van der Waals surface area contributed by atoms with Crippen LogP contribution in [-0.2, 0) is 10.8 Å². The van der Waals surface area contributed by atoms with Crippen molar-refractivity contribution < 1.29 is 14.8 Å². The second-order valence-corrected chi connectivity index (χ2v) is 12.0. The van der Waals surface area contributed by atoms with Gasteiger partial charge in [-0.05, 0) is 58.7 Å². The number of aromatic hydroxyl groups is 1. The highest BCUT2D eigenvalue weighted by Gasteiger charge is 2.34. The summed E-state index contributed by atoms with van der Waals surface area (Å²) in [6, 6.07) is 9.89. The van der Waals surface area contributed by atoms with Crippen molar-refractivity contribution in [2.45, 2.75) is 72.1 Å². The van der Waals surface area contributed by atoms with Gasteiger partial charge in [-0.25, -0.2) is 0 Å². The molecule has 1 aliphatic rings. The van der Waals surface area contributed by atoms with Gasteiger partial charge < -0.3 is 10.0 Å². The highest BCUT2D eigenvalue weighted by Crippen LogP contribution is 2.40. The van der Waals surface area contributed by atoms with Crippen molar-refractivity contribution in [1.82, 2.24) is 4.90 Å². The van der Waals surface area contributed by atoms with E-state index in [1.165, 1.54) is 12.1 Å². The molecule has 0 aliphatic carbocycles. The Labute approximate surface area is 236 Å². The second kappa shape index (κ2) is 11.8. The maximum Gasteiger partial charge on any atom is 0.269 e. The summed E-state index contributed by atoms with van der Waals surface area (Å²) in [7, 11) is 0. The molecule has 0 aromatic heterocycles. The van der Waals surface area contributed by atoms with E-state index in [0.717, 1.165) is 35.1 Å². The van der Waals surface area contributed by atoms with Gasteiger partial charge in [-0.3, -0.25) is 20.3 Å². The van der Waals surface area contributed by atoms with Gasteiger partial charge in [0.2, 0.25) is 0 Å². The molecule has 0 amide bonds. The first kappa shape index (κ1) is 31.2. The van der Waals surface area contributed by atoms with Crippen LogP contribution in [0.2, 0.25) is 0 Å². The topological polar surface area (TPSA) is 108 Å². The van der Waals surface area contributed by atoms with Gasteiger partial charge in [0, 0.05) is 41.3 Å². The number of ketones is 1. The Morgan fingerprint density at radius 1 is 1.11 bits per heavy atom. The summed E-state index contributed by atoms with van der Waals surface area (Å²) in [5.74, 6) is 0.570. The van der Waals surface area contributed by atoms with Crippen LogP contribution in [-0.4, -0.2) is 39.6 Å². The quantitative estimate of drug-likeness (QED) is 0.199. The summed E-state index contributed by atoms with van der Waals surface area (Å²) in [5, 5.41) is 30.9. The molecule has 1 fully saturated rings. The van der Waals surface area contributed by atoms with Crippen LogP contribution in [0.5, 0.6) is 5.75 Å². The average Bonchev–Trinajstić information content (AvgIpc) is 3.07. The fourth-order valence-corrected chi connectivity index (χ4v) is 4.83.